The summed E-state index contributed by atoms with van der Waals surface area (Å²) in [6, 6.07) is 0.134. The Hall–Kier alpha value is -0.810. The van der Waals surface area contributed by atoms with E-state index < -0.39 is 5.60 Å². The molecule has 2 fully saturated rings. The first kappa shape index (κ1) is 12.6. The highest BCUT2D eigenvalue weighted by molar-refractivity contribution is 5.68. The van der Waals surface area contributed by atoms with Crippen molar-refractivity contribution in [3.05, 3.63) is 0 Å². The summed E-state index contributed by atoms with van der Waals surface area (Å²) in [7, 11) is 0. The molecule has 2 N–H and O–H groups in total. The largest absolute Gasteiger partial charge is 0.444 e. The van der Waals surface area contributed by atoms with Gasteiger partial charge in [-0.3, -0.25) is 0 Å². The van der Waals surface area contributed by atoms with Crippen LogP contribution in [0.15, 0.2) is 0 Å². The fourth-order valence-corrected chi connectivity index (χ4v) is 2.33. The number of likely N-dealkylation sites (tertiary alicyclic amines) is 1. The number of amides is 1. The summed E-state index contributed by atoms with van der Waals surface area (Å²) in [6.07, 6.45) is 0.582. The van der Waals surface area contributed by atoms with Crippen LogP contribution in [0.1, 0.15) is 27.2 Å². The van der Waals surface area contributed by atoms with Gasteiger partial charge in [0, 0.05) is 24.5 Å². The molecule has 0 aliphatic carbocycles. The SMILES string of the molecule is CC(C)(C)OC(=O)N1CCC(N)C2(COC2)C1. The van der Waals surface area contributed by atoms with Gasteiger partial charge < -0.3 is 20.1 Å². The first-order valence-corrected chi connectivity index (χ1v) is 6.14. The molecule has 17 heavy (non-hydrogen) atoms. The molecule has 1 unspecified atom stereocenters. The number of carbonyl (C=O) groups excluding carboxylic acids is 1. The van der Waals surface area contributed by atoms with Crippen LogP contribution in [0.25, 0.3) is 0 Å². The average Bonchev–Trinajstić information content (AvgIpc) is 2.13. The summed E-state index contributed by atoms with van der Waals surface area (Å²) in [5, 5.41) is 0. The predicted molar refractivity (Wildman–Crippen MR) is 63.7 cm³/mol. The van der Waals surface area contributed by atoms with Gasteiger partial charge in [0.2, 0.25) is 0 Å². The van der Waals surface area contributed by atoms with E-state index >= 15 is 0 Å². The van der Waals surface area contributed by atoms with Crippen molar-refractivity contribution >= 4 is 6.09 Å². The number of ether oxygens (including phenoxy) is 2. The topological polar surface area (TPSA) is 64.8 Å². The van der Waals surface area contributed by atoms with Crippen molar-refractivity contribution in [1.82, 2.24) is 4.90 Å². The molecule has 0 bridgehead atoms. The Morgan fingerprint density at radius 1 is 1.47 bits per heavy atom. The van der Waals surface area contributed by atoms with E-state index in [1.165, 1.54) is 0 Å². The van der Waals surface area contributed by atoms with Crippen molar-refractivity contribution in [3.63, 3.8) is 0 Å². The fourth-order valence-electron chi connectivity index (χ4n) is 2.33. The summed E-state index contributed by atoms with van der Waals surface area (Å²) >= 11 is 0. The van der Waals surface area contributed by atoms with Crippen molar-refractivity contribution in [2.75, 3.05) is 26.3 Å². The quantitative estimate of drug-likeness (QED) is 0.687. The molecular formula is C12H22N2O3. The lowest BCUT2D eigenvalue weighted by molar-refractivity contribution is -0.151. The Morgan fingerprint density at radius 2 is 2.12 bits per heavy atom. The molecule has 0 aromatic carbocycles. The molecule has 1 spiro atoms. The van der Waals surface area contributed by atoms with Gasteiger partial charge in [0.05, 0.1) is 13.2 Å². The van der Waals surface area contributed by atoms with Crippen LogP contribution in [0.4, 0.5) is 4.79 Å². The maximum absolute atomic E-state index is 12.0. The maximum Gasteiger partial charge on any atom is 0.410 e. The van der Waals surface area contributed by atoms with Crippen LogP contribution in [0.3, 0.4) is 0 Å². The van der Waals surface area contributed by atoms with Gasteiger partial charge in [-0.15, -0.1) is 0 Å². The number of piperidine rings is 1. The zero-order valence-corrected chi connectivity index (χ0v) is 10.9. The second-order valence-electron chi connectivity index (χ2n) is 6.15. The third kappa shape index (κ3) is 2.55. The highest BCUT2D eigenvalue weighted by Crippen LogP contribution is 2.36. The van der Waals surface area contributed by atoms with Crippen molar-refractivity contribution in [2.24, 2.45) is 11.1 Å². The van der Waals surface area contributed by atoms with Crippen LogP contribution in [0, 0.1) is 5.41 Å². The minimum Gasteiger partial charge on any atom is -0.444 e. The normalized spacial score (nSPS) is 27.8. The lowest BCUT2D eigenvalue weighted by Crippen LogP contribution is -2.65. The van der Waals surface area contributed by atoms with E-state index in [4.69, 9.17) is 15.2 Å². The van der Waals surface area contributed by atoms with Gasteiger partial charge in [-0.1, -0.05) is 0 Å². The number of hydrogen-bond acceptors (Lipinski definition) is 4. The molecule has 5 nitrogen and oxygen atoms in total. The second kappa shape index (κ2) is 4.14. The molecule has 2 heterocycles. The Bertz CT molecular complexity index is 307. The fraction of sp³-hybridized carbons (Fsp3) is 0.917. The number of nitrogens with zero attached hydrogens (tertiary/aromatic N) is 1. The highest BCUT2D eigenvalue weighted by atomic mass is 16.6. The number of nitrogens with two attached hydrogens (primary N) is 1. The standard InChI is InChI=1S/C12H22N2O3/c1-11(2,3)17-10(15)14-5-4-9(13)12(6-14)7-16-8-12/h9H,4-8,13H2,1-3H3. The maximum atomic E-state index is 12.0. The average molecular weight is 242 g/mol. The van der Waals surface area contributed by atoms with Crippen LogP contribution < -0.4 is 5.73 Å². The van der Waals surface area contributed by atoms with E-state index in [2.05, 4.69) is 0 Å². The molecule has 98 valence electrons. The van der Waals surface area contributed by atoms with Crippen molar-refractivity contribution in [1.29, 1.82) is 0 Å². The molecule has 0 saturated carbocycles. The Morgan fingerprint density at radius 3 is 2.59 bits per heavy atom. The zero-order valence-electron chi connectivity index (χ0n) is 10.9. The number of carbonyl (C=O) groups is 1. The van der Waals surface area contributed by atoms with Crippen LogP contribution in [-0.4, -0.2) is 48.9 Å². The summed E-state index contributed by atoms with van der Waals surface area (Å²) in [5.41, 5.74) is 5.63. The van der Waals surface area contributed by atoms with Crippen molar-refractivity contribution in [3.8, 4) is 0 Å². The van der Waals surface area contributed by atoms with Gasteiger partial charge >= 0.3 is 6.09 Å². The van der Waals surface area contributed by atoms with Crippen LogP contribution in [0.2, 0.25) is 0 Å². The molecular weight excluding hydrogens is 220 g/mol. The molecule has 2 rings (SSSR count). The van der Waals surface area contributed by atoms with Gasteiger partial charge in [0.25, 0.3) is 0 Å². The first-order chi connectivity index (χ1) is 7.82. The van der Waals surface area contributed by atoms with Crippen molar-refractivity contribution < 1.29 is 14.3 Å². The monoisotopic (exact) mass is 242 g/mol. The second-order valence-corrected chi connectivity index (χ2v) is 6.15. The van der Waals surface area contributed by atoms with Gasteiger partial charge in [0.1, 0.15) is 5.60 Å². The van der Waals surface area contributed by atoms with E-state index in [0.717, 1.165) is 6.42 Å². The number of rotatable bonds is 0. The Labute approximate surface area is 102 Å². The Kier molecular flexibility index (Phi) is 3.08. The summed E-state index contributed by atoms with van der Waals surface area (Å²) < 4.78 is 10.6. The molecule has 0 radical (unpaired) electrons. The summed E-state index contributed by atoms with van der Waals surface area (Å²) in [5.74, 6) is 0. The van der Waals surface area contributed by atoms with Crippen molar-refractivity contribution in [2.45, 2.75) is 38.8 Å². The third-order valence-electron chi connectivity index (χ3n) is 3.43. The zero-order chi connectivity index (χ0) is 12.7. The summed E-state index contributed by atoms with van der Waals surface area (Å²) in [4.78, 5) is 13.7. The molecule has 0 aromatic heterocycles. The molecule has 2 saturated heterocycles. The molecule has 1 atom stereocenters. The highest BCUT2D eigenvalue weighted by Gasteiger charge is 2.49. The van der Waals surface area contributed by atoms with E-state index in [-0.39, 0.29) is 17.6 Å². The molecule has 0 aromatic rings. The summed E-state index contributed by atoms with van der Waals surface area (Å²) in [6.45, 7) is 8.29. The lowest BCUT2D eigenvalue weighted by Gasteiger charge is -2.51. The first-order valence-electron chi connectivity index (χ1n) is 6.14. The van der Waals surface area contributed by atoms with Crippen LogP contribution in [0.5, 0.6) is 0 Å². The van der Waals surface area contributed by atoms with E-state index in [1.807, 2.05) is 20.8 Å². The molecule has 5 heteroatoms. The van der Waals surface area contributed by atoms with E-state index in [1.54, 1.807) is 4.90 Å². The Balaban J connectivity index is 1.97. The molecule has 2 aliphatic heterocycles. The minimum atomic E-state index is -0.445. The van der Waals surface area contributed by atoms with Crippen LogP contribution in [-0.2, 0) is 9.47 Å². The van der Waals surface area contributed by atoms with Crippen LogP contribution >= 0.6 is 0 Å². The minimum absolute atomic E-state index is 0.0326. The lowest BCUT2D eigenvalue weighted by atomic mass is 9.74. The van der Waals surface area contributed by atoms with Gasteiger partial charge in [-0.2, -0.15) is 0 Å². The third-order valence-corrected chi connectivity index (χ3v) is 3.43. The van der Waals surface area contributed by atoms with E-state index in [0.29, 0.717) is 26.3 Å². The van der Waals surface area contributed by atoms with Gasteiger partial charge in [-0.05, 0) is 27.2 Å². The number of hydrogen-bond donors (Lipinski definition) is 1. The molecule has 1 amide bonds. The van der Waals surface area contributed by atoms with Gasteiger partial charge in [-0.25, -0.2) is 4.79 Å². The predicted octanol–water partition coefficient (Wildman–Crippen LogP) is 0.971. The molecule has 2 aliphatic rings. The van der Waals surface area contributed by atoms with E-state index in [9.17, 15) is 4.79 Å². The van der Waals surface area contributed by atoms with Gasteiger partial charge in [0.15, 0.2) is 0 Å². The smallest absolute Gasteiger partial charge is 0.410 e.